The molecular formula is C13H11ClO2S. The summed E-state index contributed by atoms with van der Waals surface area (Å²) in [4.78, 5) is 12.5. The molecule has 1 aromatic carbocycles. The molecule has 0 fully saturated rings. The maximum Gasteiger partial charge on any atom is 0.338 e. The van der Waals surface area contributed by atoms with E-state index in [9.17, 15) is 4.79 Å². The van der Waals surface area contributed by atoms with Crippen molar-refractivity contribution < 1.29 is 9.53 Å². The topological polar surface area (TPSA) is 26.3 Å². The van der Waals surface area contributed by atoms with Gasteiger partial charge in [0.25, 0.3) is 0 Å². The van der Waals surface area contributed by atoms with Crippen molar-refractivity contribution in [2.24, 2.45) is 0 Å². The molecule has 0 N–H and O–H groups in total. The van der Waals surface area contributed by atoms with E-state index in [1.165, 1.54) is 11.3 Å². The summed E-state index contributed by atoms with van der Waals surface area (Å²) in [5.41, 5.74) is 1.62. The maximum absolute atomic E-state index is 11.5. The van der Waals surface area contributed by atoms with Crippen LogP contribution in [-0.2, 0) is 4.74 Å². The van der Waals surface area contributed by atoms with Crippen LogP contribution in [-0.4, -0.2) is 12.6 Å². The first-order valence-corrected chi connectivity index (χ1v) is 6.43. The minimum Gasteiger partial charge on any atom is -0.462 e. The second-order valence-corrected chi connectivity index (χ2v) is 5.12. The third-order valence-electron chi connectivity index (χ3n) is 2.25. The summed E-state index contributed by atoms with van der Waals surface area (Å²) < 4.78 is 5.68. The number of ether oxygens (including phenoxy) is 1. The van der Waals surface area contributed by atoms with Gasteiger partial charge in [0.1, 0.15) is 0 Å². The van der Waals surface area contributed by atoms with Crippen LogP contribution >= 0.6 is 22.9 Å². The van der Waals surface area contributed by atoms with Gasteiger partial charge in [-0.3, -0.25) is 0 Å². The van der Waals surface area contributed by atoms with Crippen LogP contribution in [0.2, 0.25) is 4.34 Å². The summed E-state index contributed by atoms with van der Waals surface area (Å²) >= 11 is 7.39. The van der Waals surface area contributed by atoms with Crippen LogP contribution in [0.3, 0.4) is 0 Å². The SMILES string of the molecule is CCOC(=O)c1ccc(-c2ccc(Cl)s2)cc1. The Morgan fingerprint density at radius 1 is 1.24 bits per heavy atom. The first kappa shape index (κ1) is 12.1. The van der Waals surface area contributed by atoms with Crippen molar-refractivity contribution >= 4 is 28.9 Å². The standard InChI is InChI=1S/C13H11ClO2S/c1-2-16-13(15)10-5-3-9(4-6-10)11-7-8-12(14)17-11/h3-8H,2H2,1H3. The molecule has 0 saturated carbocycles. The van der Waals surface area contributed by atoms with E-state index >= 15 is 0 Å². The first-order valence-electron chi connectivity index (χ1n) is 5.23. The van der Waals surface area contributed by atoms with E-state index < -0.39 is 0 Å². The molecule has 2 nitrogen and oxygen atoms in total. The lowest BCUT2D eigenvalue weighted by atomic mass is 10.1. The average Bonchev–Trinajstić information content (AvgIpc) is 2.76. The minimum absolute atomic E-state index is 0.289. The van der Waals surface area contributed by atoms with Gasteiger partial charge >= 0.3 is 5.97 Å². The Morgan fingerprint density at radius 3 is 2.47 bits per heavy atom. The molecule has 0 aliphatic rings. The van der Waals surface area contributed by atoms with Gasteiger partial charge in [0.2, 0.25) is 0 Å². The van der Waals surface area contributed by atoms with Crippen LogP contribution in [0.25, 0.3) is 10.4 Å². The Hall–Kier alpha value is -1.32. The van der Waals surface area contributed by atoms with Crippen molar-refractivity contribution in [3.05, 3.63) is 46.3 Å². The Labute approximate surface area is 109 Å². The molecule has 0 bridgehead atoms. The predicted octanol–water partition coefficient (Wildman–Crippen LogP) is 4.25. The quantitative estimate of drug-likeness (QED) is 0.777. The monoisotopic (exact) mass is 266 g/mol. The molecule has 0 aliphatic carbocycles. The number of carbonyl (C=O) groups excluding carboxylic acids is 1. The predicted molar refractivity (Wildman–Crippen MR) is 70.7 cm³/mol. The van der Waals surface area contributed by atoms with Crippen molar-refractivity contribution in [1.82, 2.24) is 0 Å². The normalized spacial score (nSPS) is 10.2. The van der Waals surface area contributed by atoms with Crippen molar-refractivity contribution in [2.45, 2.75) is 6.92 Å². The lowest BCUT2D eigenvalue weighted by Crippen LogP contribution is -2.03. The van der Waals surface area contributed by atoms with E-state index in [2.05, 4.69) is 0 Å². The number of rotatable bonds is 3. The number of hydrogen-bond donors (Lipinski definition) is 0. The fraction of sp³-hybridized carbons (Fsp3) is 0.154. The Bertz CT molecular complexity index is 516. The molecule has 0 aliphatic heterocycles. The van der Waals surface area contributed by atoms with Gasteiger partial charge in [-0.1, -0.05) is 23.7 Å². The van der Waals surface area contributed by atoms with Gasteiger partial charge in [0, 0.05) is 4.88 Å². The van der Waals surface area contributed by atoms with Crippen LogP contribution in [0.15, 0.2) is 36.4 Å². The molecule has 0 atom stereocenters. The number of carbonyl (C=O) groups is 1. The zero-order valence-corrected chi connectivity index (χ0v) is 10.8. The third-order valence-corrected chi connectivity index (χ3v) is 3.53. The number of benzene rings is 1. The fourth-order valence-corrected chi connectivity index (χ4v) is 2.50. The van der Waals surface area contributed by atoms with Crippen molar-refractivity contribution in [3.8, 4) is 10.4 Å². The minimum atomic E-state index is -0.289. The highest BCUT2D eigenvalue weighted by Gasteiger charge is 2.07. The summed E-state index contributed by atoms with van der Waals surface area (Å²) in [6.07, 6.45) is 0. The molecule has 1 aromatic heterocycles. The van der Waals surface area contributed by atoms with Crippen LogP contribution in [0.1, 0.15) is 17.3 Å². The summed E-state index contributed by atoms with van der Waals surface area (Å²) in [7, 11) is 0. The molecule has 1 heterocycles. The lowest BCUT2D eigenvalue weighted by molar-refractivity contribution is 0.0526. The number of thiophene rings is 1. The highest BCUT2D eigenvalue weighted by atomic mass is 35.5. The highest BCUT2D eigenvalue weighted by molar-refractivity contribution is 7.19. The van der Waals surface area contributed by atoms with Gasteiger partial charge in [-0.2, -0.15) is 0 Å². The van der Waals surface area contributed by atoms with Crippen molar-refractivity contribution in [3.63, 3.8) is 0 Å². The van der Waals surface area contributed by atoms with Gasteiger partial charge < -0.3 is 4.74 Å². The molecule has 0 spiro atoms. The van der Waals surface area contributed by atoms with E-state index in [4.69, 9.17) is 16.3 Å². The third kappa shape index (κ3) is 2.87. The Balaban J connectivity index is 2.21. The van der Waals surface area contributed by atoms with Gasteiger partial charge in [-0.05, 0) is 36.8 Å². The molecular weight excluding hydrogens is 256 g/mol. The fourth-order valence-electron chi connectivity index (χ4n) is 1.45. The van der Waals surface area contributed by atoms with Crippen molar-refractivity contribution in [1.29, 1.82) is 0 Å². The molecule has 4 heteroatoms. The first-order chi connectivity index (χ1) is 8.20. The van der Waals surface area contributed by atoms with Crippen LogP contribution in [0.5, 0.6) is 0 Å². The Morgan fingerprint density at radius 2 is 1.94 bits per heavy atom. The average molecular weight is 267 g/mol. The molecule has 0 amide bonds. The van der Waals surface area contributed by atoms with Gasteiger partial charge in [0.15, 0.2) is 0 Å². The van der Waals surface area contributed by atoms with E-state index in [0.29, 0.717) is 12.2 Å². The molecule has 88 valence electrons. The van der Waals surface area contributed by atoms with E-state index in [0.717, 1.165) is 14.8 Å². The number of halogens is 1. The smallest absolute Gasteiger partial charge is 0.338 e. The zero-order chi connectivity index (χ0) is 12.3. The van der Waals surface area contributed by atoms with Gasteiger partial charge in [0.05, 0.1) is 16.5 Å². The largest absolute Gasteiger partial charge is 0.462 e. The molecule has 0 saturated heterocycles. The highest BCUT2D eigenvalue weighted by Crippen LogP contribution is 2.30. The summed E-state index contributed by atoms with van der Waals surface area (Å²) in [6.45, 7) is 2.18. The summed E-state index contributed by atoms with van der Waals surface area (Å²) in [5, 5.41) is 0. The maximum atomic E-state index is 11.5. The molecule has 2 rings (SSSR count). The lowest BCUT2D eigenvalue weighted by Gasteiger charge is -2.02. The van der Waals surface area contributed by atoms with E-state index in [1.54, 1.807) is 19.1 Å². The second kappa shape index (κ2) is 5.34. The van der Waals surface area contributed by atoms with Crippen LogP contribution in [0, 0.1) is 0 Å². The van der Waals surface area contributed by atoms with E-state index in [-0.39, 0.29) is 5.97 Å². The van der Waals surface area contributed by atoms with Gasteiger partial charge in [-0.25, -0.2) is 4.79 Å². The van der Waals surface area contributed by atoms with Crippen molar-refractivity contribution in [2.75, 3.05) is 6.61 Å². The number of hydrogen-bond acceptors (Lipinski definition) is 3. The van der Waals surface area contributed by atoms with E-state index in [1.807, 2.05) is 24.3 Å². The zero-order valence-electron chi connectivity index (χ0n) is 9.27. The van der Waals surface area contributed by atoms with Crippen LogP contribution in [0.4, 0.5) is 0 Å². The summed E-state index contributed by atoms with van der Waals surface area (Å²) in [6, 6.07) is 11.2. The van der Waals surface area contributed by atoms with Crippen LogP contribution < -0.4 is 0 Å². The second-order valence-electron chi connectivity index (χ2n) is 3.40. The molecule has 0 radical (unpaired) electrons. The summed E-state index contributed by atoms with van der Waals surface area (Å²) in [5.74, 6) is -0.289. The van der Waals surface area contributed by atoms with Gasteiger partial charge in [-0.15, -0.1) is 11.3 Å². The molecule has 0 unspecified atom stereocenters. The molecule has 17 heavy (non-hydrogen) atoms. The molecule has 2 aromatic rings. The Kier molecular flexibility index (Phi) is 3.82. The number of esters is 1.